The molecule has 0 saturated heterocycles. The van der Waals surface area contributed by atoms with E-state index in [9.17, 15) is 19.7 Å². The average Bonchev–Trinajstić information content (AvgIpc) is 3.16. The summed E-state index contributed by atoms with van der Waals surface area (Å²) < 4.78 is 1.63. The number of para-hydroxylation sites is 1. The van der Waals surface area contributed by atoms with Crippen molar-refractivity contribution in [1.29, 1.82) is 0 Å². The Bertz CT molecular complexity index is 1120. The van der Waals surface area contributed by atoms with Crippen LogP contribution in [0.25, 0.3) is 16.9 Å². The SMILES string of the molecule is CN(Cc1cn(-c2ccccc2)nc1-c1cccc([N+](=O)[O-])c1)C(=O)/C=C/C(=O)O. The number of nitro benzene ring substituents is 1. The molecule has 0 bridgehead atoms. The number of non-ortho nitro benzene ring substituents is 1. The van der Waals surface area contributed by atoms with E-state index >= 15 is 0 Å². The topological polar surface area (TPSA) is 119 Å². The monoisotopic (exact) mass is 406 g/mol. The van der Waals surface area contributed by atoms with Crippen molar-refractivity contribution in [2.24, 2.45) is 0 Å². The summed E-state index contributed by atoms with van der Waals surface area (Å²) in [5, 5.41) is 24.4. The first-order chi connectivity index (χ1) is 14.3. The van der Waals surface area contributed by atoms with Crippen molar-refractivity contribution in [3.63, 3.8) is 0 Å². The first-order valence-electron chi connectivity index (χ1n) is 8.90. The third-order valence-electron chi connectivity index (χ3n) is 4.29. The number of likely N-dealkylation sites (N-methyl/N-ethyl adjacent to an activating group) is 1. The summed E-state index contributed by atoms with van der Waals surface area (Å²) in [5.41, 5.74) is 2.40. The predicted molar refractivity (Wildman–Crippen MR) is 109 cm³/mol. The number of rotatable bonds is 7. The van der Waals surface area contributed by atoms with Crippen LogP contribution in [0.15, 0.2) is 72.9 Å². The van der Waals surface area contributed by atoms with E-state index in [1.165, 1.54) is 24.1 Å². The predicted octanol–water partition coefficient (Wildman–Crippen LogP) is 3.05. The normalized spacial score (nSPS) is 10.8. The molecule has 9 heteroatoms. The fourth-order valence-electron chi connectivity index (χ4n) is 2.85. The molecule has 0 atom stereocenters. The van der Waals surface area contributed by atoms with Gasteiger partial charge >= 0.3 is 5.97 Å². The molecule has 0 radical (unpaired) electrons. The largest absolute Gasteiger partial charge is 0.478 e. The number of carboxylic acids is 1. The molecule has 0 spiro atoms. The molecule has 0 aliphatic carbocycles. The minimum Gasteiger partial charge on any atom is -0.478 e. The van der Waals surface area contributed by atoms with E-state index in [0.29, 0.717) is 16.8 Å². The molecular weight excluding hydrogens is 388 g/mol. The van der Waals surface area contributed by atoms with Crippen LogP contribution in [0.2, 0.25) is 0 Å². The average molecular weight is 406 g/mol. The number of nitrogens with zero attached hydrogens (tertiary/aromatic N) is 4. The Kier molecular flexibility index (Phi) is 6.02. The lowest BCUT2D eigenvalue weighted by Crippen LogP contribution is -2.24. The maximum absolute atomic E-state index is 12.2. The zero-order chi connectivity index (χ0) is 21.7. The van der Waals surface area contributed by atoms with Gasteiger partial charge in [-0.1, -0.05) is 30.3 Å². The summed E-state index contributed by atoms with van der Waals surface area (Å²) in [5.74, 6) is -1.71. The van der Waals surface area contributed by atoms with Crippen LogP contribution >= 0.6 is 0 Å². The molecule has 3 aromatic rings. The first-order valence-corrected chi connectivity index (χ1v) is 8.90. The van der Waals surface area contributed by atoms with Crippen LogP contribution in [0.1, 0.15) is 5.56 Å². The third-order valence-corrected chi connectivity index (χ3v) is 4.29. The molecule has 1 aromatic heterocycles. The number of amides is 1. The number of carbonyl (C=O) groups is 2. The van der Waals surface area contributed by atoms with Gasteiger partial charge in [-0.05, 0) is 12.1 Å². The van der Waals surface area contributed by atoms with Gasteiger partial charge < -0.3 is 10.0 Å². The molecule has 2 aromatic carbocycles. The summed E-state index contributed by atoms with van der Waals surface area (Å²) in [6.45, 7) is 0.133. The highest BCUT2D eigenvalue weighted by Gasteiger charge is 2.18. The van der Waals surface area contributed by atoms with Gasteiger partial charge in [-0.3, -0.25) is 14.9 Å². The van der Waals surface area contributed by atoms with Crippen LogP contribution in [0.5, 0.6) is 0 Å². The highest BCUT2D eigenvalue weighted by molar-refractivity contribution is 5.93. The molecule has 0 aliphatic rings. The van der Waals surface area contributed by atoms with Crippen molar-refractivity contribution in [3.05, 3.63) is 88.6 Å². The summed E-state index contributed by atoms with van der Waals surface area (Å²) >= 11 is 0. The quantitative estimate of drug-likeness (QED) is 0.366. The highest BCUT2D eigenvalue weighted by Crippen LogP contribution is 2.27. The molecule has 0 aliphatic heterocycles. The molecule has 152 valence electrons. The molecule has 30 heavy (non-hydrogen) atoms. The van der Waals surface area contributed by atoms with E-state index in [-0.39, 0.29) is 12.2 Å². The standard InChI is InChI=1S/C21H18N4O5/c1-23(19(26)10-11-20(27)28)13-16-14-24(17-7-3-2-4-8-17)22-21(16)15-6-5-9-18(12-15)25(29)30/h2-12,14H,13H2,1H3,(H,27,28)/b11-10+. The first kappa shape index (κ1) is 20.5. The van der Waals surface area contributed by atoms with Crippen molar-refractivity contribution < 1.29 is 19.6 Å². The van der Waals surface area contributed by atoms with E-state index in [4.69, 9.17) is 5.11 Å². The molecule has 3 rings (SSSR count). The Morgan fingerprint density at radius 1 is 1.17 bits per heavy atom. The Balaban J connectivity index is 2.01. The van der Waals surface area contributed by atoms with Crippen LogP contribution in [-0.2, 0) is 16.1 Å². The highest BCUT2D eigenvalue weighted by atomic mass is 16.6. The van der Waals surface area contributed by atoms with Crippen molar-refractivity contribution in [2.45, 2.75) is 6.54 Å². The van der Waals surface area contributed by atoms with Crippen molar-refractivity contribution in [3.8, 4) is 16.9 Å². The van der Waals surface area contributed by atoms with Gasteiger partial charge in [-0.25, -0.2) is 9.48 Å². The lowest BCUT2D eigenvalue weighted by Gasteiger charge is -2.14. The molecule has 1 heterocycles. The fourth-order valence-corrected chi connectivity index (χ4v) is 2.85. The van der Waals surface area contributed by atoms with Gasteiger partial charge in [0.15, 0.2) is 0 Å². The summed E-state index contributed by atoms with van der Waals surface area (Å²) in [6, 6.07) is 15.4. The number of aliphatic carboxylic acids is 1. The fraction of sp³-hybridized carbons (Fsp3) is 0.0952. The van der Waals surface area contributed by atoms with Gasteiger partial charge in [-0.15, -0.1) is 0 Å². The van der Waals surface area contributed by atoms with Crippen molar-refractivity contribution >= 4 is 17.6 Å². The number of hydrogen-bond acceptors (Lipinski definition) is 5. The lowest BCUT2D eigenvalue weighted by atomic mass is 10.1. The Morgan fingerprint density at radius 3 is 2.57 bits per heavy atom. The molecule has 0 fully saturated rings. The van der Waals surface area contributed by atoms with Crippen LogP contribution in [-0.4, -0.2) is 43.6 Å². The van der Waals surface area contributed by atoms with E-state index in [1.54, 1.807) is 23.0 Å². The number of hydrogen-bond donors (Lipinski definition) is 1. The molecule has 1 N–H and O–H groups in total. The van der Waals surface area contributed by atoms with E-state index in [0.717, 1.165) is 17.8 Å². The van der Waals surface area contributed by atoms with Crippen molar-refractivity contribution in [2.75, 3.05) is 7.05 Å². The van der Waals surface area contributed by atoms with Gasteiger partial charge in [0.05, 0.1) is 16.3 Å². The van der Waals surface area contributed by atoms with E-state index in [1.807, 2.05) is 30.3 Å². The lowest BCUT2D eigenvalue weighted by molar-refractivity contribution is -0.384. The van der Waals surface area contributed by atoms with Crippen LogP contribution in [0.4, 0.5) is 5.69 Å². The van der Waals surface area contributed by atoms with E-state index < -0.39 is 16.8 Å². The Hall–Kier alpha value is -4.27. The summed E-state index contributed by atoms with van der Waals surface area (Å²) in [4.78, 5) is 34.8. The minimum atomic E-state index is -1.22. The van der Waals surface area contributed by atoms with E-state index in [2.05, 4.69) is 5.10 Å². The van der Waals surface area contributed by atoms with Gasteiger partial charge in [0.1, 0.15) is 0 Å². The maximum Gasteiger partial charge on any atom is 0.328 e. The number of carboxylic acid groups (broad SMARTS) is 1. The second kappa shape index (κ2) is 8.82. The van der Waals surface area contributed by atoms with Crippen LogP contribution in [0.3, 0.4) is 0 Å². The molecular formula is C21H18N4O5. The summed E-state index contributed by atoms with van der Waals surface area (Å²) in [7, 11) is 1.53. The molecule has 0 saturated carbocycles. The second-order valence-corrected chi connectivity index (χ2v) is 6.46. The third kappa shape index (κ3) is 4.76. The van der Waals surface area contributed by atoms with Gasteiger partial charge in [-0.2, -0.15) is 5.10 Å². The Morgan fingerprint density at radius 2 is 1.90 bits per heavy atom. The van der Waals surface area contributed by atoms with Gasteiger partial charge in [0.25, 0.3) is 5.69 Å². The number of carbonyl (C=O) groups excluding carboxylic acids is 1. The maximum atomic E-state index is 12.2. The number of benzene rings is 2. The molecule has 1 amide bonds. The second-order valence-electron chi connectivity index (χ2n) is 6.46. The van der Waals surface area contributed by atoms with Gasteiger partial charge in [0.2, 0.25) is 5.91 Å². The number of aromatic nitrogens is 2. The van der Waals surface area contributed by atoms with Crippen molar-refractivity contribution in [1.82, 2.24) is 14.7 Å². The van der Waals surface area contributed by atoms with Crippen LogP contribution in [0, 0.1) is 10.1 Å². The zero-order valence-corrected chi connectivity index (χ0v) is 16.0. The summed E-state index contributed by atoms with van der Waals surface area (Å²) in [6.07, 6.45) is 3.48. The smallest absolute Gasteiger partial charge is 0.328 e. The van der Waals surface area contributed by atoms with Crippen LogP contribution < -0.4 is 0 Å². The zero-order valence-electron chi connectivity index (χ0n) is 16.0. The number of nitro groups is 1. The molecule has 9 nitrogen and oxygen atoms in total. The molecule has 0 unspecified atom stereocenters. The Labute approximate surface area is 171 Å². The minimum absolute atomic E-state index is 0.0680. The van der Waals surface area contributed by atoms with Gasteiger partial charge in [0, 0.05) is 55.2 Å².